The van der Waals surface area contributed by atoms with Gasteiger partial charge in [0.25, 0.3) is 0 Å². The van der Waals surface area contributed by atoms with Crippen LogP contribution in [0.3, 0.4) is 0 Å². The molecule has 0 heterocycles. The van der Waals surface area contributed by atoms with E-state index in [1.165, 1.54) is 39.0 Å². The van der Waals surface area contributed by atoms with Crippen molar-refractivity contribution in [2.45, 2.75) is 26.2 Å². The molecule has 0 amide bonds. The summed E-state index contributed by atoms with van der Waals surface area (Å²) in [6.45, 7) is 4.47. The normalized spacial score (nSPS) is 16.7. The second-order valence-electron chi connectivity index (χ2n) is 6.00. The van der Waals surface area contributed by atoms with Crippen LogP contribution in [0.25, 0.3) is 11.1 Å². The standard InChI is InChI=1S/C20H18/c1-13-7-8-14(2)20(13)16-9-10-19-17(12-16)11-15-5-3-4-6-18(15)19/h3-10,12,20H,11H2,1-2H3. The Morgan fingerprint density at radius 2 is 1.50 bits per heavy atom. The van der Waals surface area contributed by atoms with Gasteiger partial charge in [-0.25, -0.2) is 0 Å². The van der Waals surface area contributed by atoms with Gasteiger partial charge in [-0.2, -0.15) is 0 Å². The lowest BCUT2D eigenvalue weighted by molar-refractivity contribution is 0.940. The fraction of sp³-hybridized carbons (Fsp3) is 0.200. The van der Waals surface area contributed by atoms with Gasteiger partial charge in [0.2, 0.25) is 0 Å². The molecule has 0 spiro atoms. The highest BCUT2D eigenvalue weighted by molar-refractivity contribution is 5.77. The molecule has 0 unspecified atom stereocenters. The molecule has 0 nitrogen and oxygen atoms in total. The largest absolute Gasteiger partial charge is 0.0624 e. The summed E-state index contributed by atoms with van der Waals surface area (Å²) in [7, 11) is 0. The van der Waals surface area contributed by atoms with Crippen molar-refractivity contribution in [1.82, 2.24) is 0 Å². The Labute approximate surface area is 120 Å². The summed E-state index contributed by atoms with van der Waals surface area (Å²) in [6, 6.07) is 15.8. The molecule has 2 aliphatic carbocycles. The molecule has 2 aromatic carbocycles. The van der Waals surface area contributed by atoms with E-state index in [-0.39, 0.29) is 0 Å². The Morgan fingerprint density at radius 3 is 2.30 bits per heavy atom. The van der Waals surface area contributed by atoms with E-state index >= 15 is 0 Å². The zero-order valence-corrected chi connectivity index (χ0v) is 12.0. The molecule has 0 fully saturated rings. The molecule has 0 aliphatic heterocycles. The average molecular weight is 258 g/mol. The van der Waals surface area contributed by atoms with E-state index in [2.05, 4.69) is 68.5 Å². The van der Waals surface area contributed by atoms with Crippen LogP contribution >= 0.6 is 0 Å². The van der Waals surface area contributed by atoms with Gasteiger partial charge >= 0.3 is 0 Å². The van der Waals surface area contributed by atoms with Crippen molar-refractivity contribution < 1.29 is 0 Å². The fourth-order valence-electron chi connectivity index (χ4n) is 3.68. The number of hydrogen-bond donors (Lipinski definition) is 0. The first-order valence-corrected chi connectivity index (χ1v) is 7.30. The van der Waals surface area contributed by atoms with Crippen molar-refractivity contribution in [3.63, 3.8) is 0 Å². The van der Waals surface area contributed by atoms with Crippen LogP contribution in [-0.4, -0.2) is 0 Å². The Bertz CT molecular complexity index is 741. The summed E-state index contributed by atoms with van der Waals surface area (Å²) >= 11 is 0. The molecule has 0 aromatic heterocycles. The molecule has 4 rings (SSSR count). The van der Waals surface area contributed by atoms with Crippen LogP contribution in [0, 0.1) is 0 Å². The second kappa shape index (κ2) is 4.21. The molecule has 0 atom stereocenters. The van der Waals surface area contributed by atoms with E-state index in [4.69, 9.17) is 0 Å². The Balaban J connectivity index is 1.80. The van der Waals surface area contributed by atoms with E-state index in [0.29, 0.717) is 5.92 Å². The predicted molar refractivity (Wildman–Crippen MR) is 84.9 cm³/mol. The number of fused-ring (bicyclic) bond motifs is 3. The maximum Gasteiger partial charge on any atom is 0.0258 e. The van der Waals surface area contributed by atoms with Gasteiger partial charge in [0, 0.05) is 5.92 Å². The van der Waals surface area contributed by atoms with Gasteiger partial charge in [-0.3, -0.25) is 0 Å². The van der Waals surface area contributed by atoms with E-state index in [0.717, 1.165) is 6.42 Å². The Kier molecular flexibility index (Phi) is 2.47. The number of rotatable bonds is 1. The Morgan fingerprint density at radius 1 is 0.800 bits per heavy atom. The Hall–Kier alpha value is -2.08. The molecule has 0 saturated carbocycles. The maximum absolute atomic E-state index is 2.42. The molecule has 2 aromatic rings. The summed E-state index contributed by atoms with van der Waals surface area (Å²) in [5, 5.41) is 0. The van der Waals surface area contributed by atoms with Gasteiger partial charge in [-0.05, 0) is 48.1 Å². The third kappa shape index (κ3) is 1.61. The van der Waals surface area contributed by atoms with Crippen LogP contribution in [-0.2, 0) is 6.42 Å². The molecule has 0 saturated heterocycles. The smallest absolute Gasteiger partial charge is 0.0258 e. The summed E-state index contributed by atoms with van der Waals surface area (Å²) in [5.41, 5.74) is 10.1. The summed E-state index contributed by atoms with van der Waals surface area (Å²) < 4.78 is 0. The molecule has 98 valence electrons. The average Bonchev–Trinajstić information content (AvgIpc) is 2.98. The van der Waals surface area contributed by atoms with Crippen LogP contribution in [0.1, 0.15) is 36.5 Å². The van der Waals surface area contributed by atoms with Crippen LogP contribution in [0.5, 0.6) is 0 Å². The van der Waals surface area contributed by atoms with Gasteiger partial charge in [-0.1, -0.05) is 65.8 Å². The van der Waals surface area contributed by atoms with Crippen LogP contribution in [0.4, 0.5) is 0 Å². The van der Waals surface area contributed by atoms with Gasteiger partial charge < -0.3 is 0 Å². The molecule has 0 radical (unpaired) electrons. The maximum atomic E-state index is 2.42. The lowest BCUT2D eigenvalue weighted by Gasteiger charge is -2.16. The highest BCUT2D eigenvalue weighted by atomic mass is 14.3. The van der Waals surface area contributed by atoms with Gasteiger partial charge in [0.15, 0.2) is 0 Å². The minimum atomic E-state index is 0.490. The third-order valence-electron chi connectivity index (χ3n) is 4.67. The minimum absolute atomic E-state index is 0.490. The predicted octanol–water partition coefficient (Wildman–Crippen LogP) is 5.25. The van der Waals surface area contributed by atoms with Crippen molar-refractivity contribution in [3.8, 4) is 11.1 Å². The lowest BCUT2D eigenvalue weighted by atomic mass is 9.88. The monoisotopic (exact) mass is 258 g/mol. The molecule has 0 heteroatoms. The van der Waals surface area contributed by atoms with Crippen LogP contribution < -0.4 is 0 Å². The van der Waals surface area contributed by atoms with Crippen molar-refractivity contribution in [2.75, 3.05) is 0 Å². The number of benzene rings is 2. The SMILES string of the molecule is CC1=CC=C(C)C1c1ccc2c(c1)Cc1ccccc1-2. The van der Waals surface area contributed by atoms with Gasteiger partial charge in [-0.15, -0.1) is 0 Å². The third-order valence-corrected chi connectivity index (χ3v) is 4.67. The summed E-state index contributed by atoms with van der Waals surface area (Å²) in [6.07, 6.45) is 5.58. The van der Waals surface area contributed by atoms with Gasteiger partial charge in [0.05, 0.1) is 0 Å². The minimum Gasteiger partial charge on any atom is -0.0624 e. The van der Waals surface area contributed by atoms with E-state index in [9.17, 15) is 0 Å². The fourth-order valence-corrected chi connectivity index (χ4v) is 3.68. The second-order valence-corrected chi connectivity index (χ2v) is 6.00. The van der Waals surface area contributed by atoms with Gasteiger partial charge in [0.1, 0.15) is 0 Å². The number of hydrogen-bond acceptors (Lipinski definition) is 0. The molecule has 0 N–H and O–H groups in total. The molecule has 20 heavy (non-hydrogen) atoms. The lowest BCUT2D eigenvalue weighted by Crippen LogP contribution is -1.99. The van der Waals surface area contributed by atoms with E-state index in [1.807, 2.05) is 0 Å². The van der Waals surface area contributed by atoms with E-state index < -0.39 is 0 Å². The van der Waals surface area contributed by atoms with Crippen molar-refractivity contribution in [2.24, 2.45) is 0 Å². The first-order chi connectivity index (χ1) is 9.74. The number of allylic oxidation sites excluding steroid dienone is 4. The van der Waals surface area contributed by atoms with Crippen LogP contribution in [0.2, 0.25) is 0 Å². The first kappa shape index (κ1) is 11.7. The summed E-state index contributed by atoms with van der Waals surface area (Å²) in [4.78, 5) is 0. The molecule has 2 aliphatic rings. The highest BCUT2D eigenvalue weighted by Gasteiger charge is 2.23. The molecule has 0 bridgehead atoms. The highest BCUT2D eigenvalue weighted by Crippen LogP contribution is 2.41. The molecular weight excluding hydrogens is 240 g/mol. The summed E-state index contributed by atoms with van der Waals surface area (Å²) in [5.74, 6) is 0.490. The zero-order valence-electron chi connectivity index (χ0n) is 12.0. The van der Waals surface area contributed by atoms with Crippen molar-refractivity contribution in [1.29, 1.82) is 0 Å². The first-order valence-electron chi connectivity index (χ1n) is 7.30. The zero-order chi connectivity index (χ0) is 13.7. The van der Waals surface area contributed by atoms with E-state index in [1.54, 1.807) is 0 Å². The topological polar surface area (TPSA) is 0 Å². The van der Waals surface area contributed by atoms with Crippen molar-refractivity contribution in [3.05, 3.63) is 82.5 Å². The van der Waals surface area contributed by atoms with Crippen LogP contribution in [0.15, 0.2) is 65.8 Å². The van der Waals surface area contributed by atoms with Crippen molar-refractivity contribution >= 4 is 0 Å². The molecular formula is C20H18. The quantitative estimate of drug-likeness (QED) is 0.559.